The van der Waals surface area contributed by atoms with Crippen molar-refractivity contribution in [3.63, 3.8) is 0 Å². The molecule has 0 spiro atoms. The molecule has 0 aliphatic carbocycles. The number of likely N-dealkylation sites (N-methyl/N-ethyl adjacent to an activating group) is 1. The van der Waals surface area contributed by atoms with Gasteiger partial charge in [-0.3, -0.25) is 10.00 Å². The van der Waals surface area contributed by atoms with Crippen molar-refractivity contribution in [2.45, 2.75) is 38.5 Å². The van der Waals surface area contributed by atoms with E-state index < -0.39 is 0 Å². The molecular formula is C14H25N5O2. The Hall–Kier alpha value is -1.60. The lowest BCUT2D eigenvalue weighted by Gasteiger charge is -2.19. The largest absolute Gasteiger partial charge is 0.376 e. The maximum atomic E-state index is 11.9. The third-order valence-electron chi connectivity index (χ3n) is 3.54. The number of nitrogens with zero attached hydrogens (tertiary/aromatic N) is 3. The summed E-state index contributed by atoms with van der Waals surface area (Å²) >= 11 is 0. The molecule has 7 heteroatoms. The van der Waals surface area contributed by atoms with Gasteiger partial charge in [0.2, 0.25) is 0 Å². The summed E-state index contributed by atoms with van der Waals surface area (Å²) in [6.45, 7) is 4.45. The van der Waals surface area contributed by atoms with Gasteiger partial charge >= 0.3 is 6.03 Å². The summed E-state index contributed by atoms with van der Waals surface area (Å²) < 4.78 is 7.38. The van der Waals surface area contributed by atoms with Crippen LogP contribution in [0.2, 0.25) is 0 Å². The monoisotopic (exact) mass is 295 g/mol. The van der Waals surface area contributed by atoms with Crippen LogP contribution in [0.5, 0.6) is 0 Å². The number of carbonyl (C=O) groups excluding carboxylic acids is 1. The van der Waals surface area contributed by atoms with Crippen LogP contribution in [0.3, 0.4) is 0 Å². The van der Waals surface area contributed by atoms with Gasteiger partial charge in [0.25, 0.3) is 0 Å². The van der Waals surface area contributed by atoms with Gasteiger partial charge in [0, 0.05) is 25.4 Å². The van der Waals surface area contributed by atoms with E-state index in [-0.39, 0.29) is 18.2 Å². The van der Waals surface area contributed by atoms with Crippen molar-refractivity contribution >= 4 is 11.8 Å². The van der Waals surface area contributed by atoms with Crippen LogP contribution in [0, 0.1) is 0 Å². The fourth-order valence-corrected chi connectivity index (χ4v) is 2.30. The topological polar surface area (TPSA) is 71.4 Å². The minimum atomic E-state index is -0.240. The van der Waals surface area contributed by atoms with Crippen molar-refractivity contribution in [1.82, 2.24) is 20.0 Å². The average Bonchev–Trinajstić information content (AvgIpc) is 3.07. The molecule has 2 N–H and O–H groups in total. The molecular weight excluding hydrogens is 270 g/mol. The Morgan fingerprint density at radius 2 is 2.43 bits per heavy atom. The predicted molar refractivity (Wildman–Crippen MR) is 81.4 cm³/mol. The van der Waals surface area contributed by atoms with Gasteiger partial charge in [-0.05, 0) is 33.9 Å². The third-order valence-corrected chi connectivity index (χ3v) is 3.54. The first-order valence-corrected chi connectivity index (χ1v) is 7.42. The van der Waals surface area contributed by atoms with Gasteiger partial charge in [-0.2, -0.15) is 5.10 Å². The highest BCUT2D eigenvalue weighted by atomic mass is 16.5. The van der Waals surface area contributed by atoms with Crippen LogP contribution < -0.4 is 10.6 Å². The zero-order valence-corrected chi connectivity index (χ0v) is 13.0. The molecule has 1 saturated heterocycles. The van der Waals surface area contributed by atoms with Gasteiger partial charge in [0.15, 0.2) is 5.82 Å². The molecule has 2 rings (SSSR count). The van der Waals surface area contributed by atoms with Gasteiger partial charge in [0.05, 0.1) is 18.7 Å². The van der Waals surface area contributed by atoms with Gasteiger partial charge in [0.1, 0.15) is 0 Å². The Morgan fingerprint density at radius 3 is 3.10 bits per heavy atom. The molecule has 118 valence electrons. The summed E-state index contributed by atoms with van der Waals surface area (Å²) in [5, 5.41) is 9.96. The van der Waals surface area contributed by atoms with Crippen LogP contribution in [-0.4, -0.2) is 60.1 Å². The van der Waals surface area contributed by atoms with Gasteiger partial charge in [-0.1, -0.05) is 0 Å². The third kappa shape index (κ3) is 5.02. The first-order valence-electron chi connectivity index (χ1n) is 7.42. The number of nitrogens with one attached hydrogen (secondary N) is 2. The smallest absolute Gasteiger partial charge is 0.320 e. The Balaban J connectivity index is 1.76. The van der Waals surface area contributed by atoms with Gasteiger partial charge in [-0.25, -0.2) is 4.79 Å². The molecule has 7 nitrogen and oxygen atoms in total. The summed E-state index contributed by atoms with van der Waals surface area (Å²) in [6, 6.07) is 1.56. The molecule has 0 aromatic carbocycles. The average molecular weight is 295 g/mol. The van der Waals surface area contributed by atoms with E-state index in [1.807, 2.05) is 31.9 Å². The highest BCUT2D eigenvalue weighted by Gasteiger charge is 2.23. The number of carbonyl (C=O) groups is 1. The maximum Gasteiger partial charge on any atom is 0.320 e. The molecule has 0 bridgehead atoms. The summed E-state index contributed by atoms with van der Waals surface area (Å²) in [4.78, 5) is 14.0. The fraction of sp³-hybridized carbons (Fsp3) is 0.714. The second kappa shape index (κ2) is 7.42. The van der Waals surface area contributed by atoms with E-state index >= 15 is 0 Å². The SMILES string of the molecule is C[C@H](NC(=O)Nc1ccn(CCN(C)C)n1)[C@@H]1CCCO1. The normalized spacial score (nSPS) is 19.7. The summed E-state index contributed by atoms with van der Waals surface area (Å²) in [5.74, 6) is 0.561. The summed E-state index contributed by atoms with van der Waals surface area (Å²) in [7, 11) is 4.03. The van der Waals surface area contributed by atoms with Crippen molar-refractivity contribution in [3.05, 3.63) is 12.3 Å². The van der Waals surface area contributed by atoms with Crippen LogP contribution >= 0.6 is 0 Å². The predicted octanol–water partition coefficient (Wildman–Crippen LogP) is 1.13. The van der Waals surface area contributed by atoms with Crippen LogP contribution in [0.15, 0.2) is 12.3 Å². The number of hydrogen-bond donors (Lipinski definition) is 2. The van der Waals surface area contributed by atoms with Gasteiger partial charge in [-0.15, -0.1) is 0 Å². The van der Waals surface area contributed by atoms with Crippen LogP contribution in [0.4, 0.5) is 10.6 Å². The molecule has 21 heavy (non-hydrogen) atoms. The highest BCUT2D eigenvalue weighted by molar-refractivity contribution is 5.88. The molecule has 2 amide bonds. The number of amides is 2. The number of aromatic nitrogens is 2. The highest BCUT2D eigenvalue weighted by Crippen LogP contribution is 2.15. The molecule has 1 aromatic heterocycles. The Kier molecular flexibility index (Phi) is 5.58. The molecule has 0 unspecified atom stereocenters. The van der Waals surface area contributed by atoms with Crippen molar-refractivity contribution in [2.24, 2.45) is 0 Å². The molecule has 1 fully saturated rings. The van der Waals surface area contributed by atoms with Gasteiger partial charge < -0.3 is 15.0 Å². The number of urea groups is 1. The first-order chi connectivity index (χ1) is 10.0. The van der Waals surface area contributed by atoms with Crippen LogP contribution in [0.1, 0.15) is 19.8 Å². The molecule has 0 radical (unpaired) electrons. The van der Waals surface area contributed by atoms with E-state index in [0.29, 0.717) is 5.82 Å². The van der Waals surface area contributed by atoms with E-state index in [0.717, 1.165) is 32.5 Å². The molecule has 1 aliphatic heterocycles. The van der Waals surface area contributed by atoms with E-state index in [4.69, 9.17) is 4.74 Å². The summed E-state index contributed by atoms with van der Waals surface area (Å²) in [5.41, 5.74) is 0. The molecule has 0 saturated carbocycles. The van der Waals surface area contributed by atoms with E-state index in [9.17, 15) is 4.79 Å². The van der Waals surface area contributed by atoms with Crippen molar-refractivity contribution in [1.29, 1.82) is 0 Å². The van der Waals surface area contributed by atoms with Crippen molar-refractivity contribution < 1.29 is 9.53 Å². The lowest BCUT2D eigenvalue weighted by molar-refractivity contribution is 0.0868. The minimum Gasteiger partial charge on any atom is -0.376 e. The number of hydrogen-bond acceptors (Lipinski definition) is 4. The number of anilines is 1. The fourth-order valence-electron chi connectivity index (χ4n) is 2.30. The van der Waals surface area contributed by atoms with Crippen LogP contribution in [0.25, 0.3) is 0 Å². The number of rotatable bonds is 6. The lowest BCUT2D eigenvalue weighted by atomic mass is 10.1. The second-order valence-electron chi connectivity index (χ2n) is 5.71. The quantitative estimate of drug-likeness (QED) is 0.825. The Bertz CT molecular complexity index is 454. The summed E-state index contributed by atoms with van der Waals surface area (Å²) in [6.07, 6.45) is 4.05. The van der Waals surface area contributed by atoms with E-state index in [2.05, 4.69) is 20.6 Å². The number of ether oxygens (including phenoxy) is 1. The molecule has 2 heterocycles. The van der Waals surface area contributed by atoms with E-state index in [1.54, 1.807) is 6.07 Å². The van der Waals surface area contributed by atoms with Crippen LogP contribution in [-0.2, 0) is 11.3 Å². The van der Waals surface area contributed by atoms with E-state index in [1.165, 1.54) is 0 Å². The first kappa shape index (κ1) is 15.8. The zero-order chi connectivity index (χ0) is 15.2. The molecule has 2 atom stereocenters. The lowest BCUT2D eigenvalue weighted by Crippen LogP contribution is -2.43. The molecule has 1 aromatic rings. The van der Waals surface area contributed by atoms with Crippen molar-refractivity contribution in [2.75, 3.05) is 32.6 Å². The zero-order valence-electron chi connectivity index (χ0n) is 13.0. The Morgan fingerprint density at radius 1 is 1.62 bits per heavy atom. The standard InChI is InChI=1S/C14H25N5O2/c1-11(12-5-4-10-21-12)15-14(20)16-13-6-7-19(17-13)9-8-18(2)3/h6-7,11-12H,4-5,8-10H2,1-3H3,(H2,15,16,17,20)/t11-,12-/m0/s1. The Labute approximate surface area is 125 Å². The molecule has 1 aliphatic rings. The van der Waals surface area contributed by atoms with Crippen molar-refractivity contribution in [3.8, 4) is 0 Å². The maximum absolute atomic E-state index is 11.9. The minimum absolute atomic E-state index is 0.00308. The second-order valence-corrected chi connectivity index (χ2v) is 5.71.